The molecule has 0 fully saturated rings. The molecule has 5 nitrogen and oxygen atoms in total. The van der Waals surface area contributed by atoms with Crippen LogP contribution in [0.5, 0.6) is 0 Å². The highest BCUT2D eigenvalue weighted by molar-refractivity contribution is 5.94. The molecule has 0 aromatic heterocycles. The number of nitrogens with two attached hydrogens (primary N) is 1. The topological polar surface area (TPSA) is 92.4 Å². The third kappa shape index (κ3) is 3.78. The van der Waals surface area contributed by atoms with E-state index in [0.29, 0.717) is 6.42 Å². The van der Waals surface area contributed by atoms with Crippen LogP contribution in [0.3, 0.4) is 0 Å². The fourth-order valence-corrected chi connectivity index (χ4v) is 1.16. The molecule has 4 N–H and O–H groups in total. The maximum atomic E-state index is 11.1. The van der Waals surface area contributed by atoms with Crippen LogP contribution in [0.2, 0.25) is 0 Å². The number of hydrogen-bond acceptors (Lipinski definition) is 3. The summed E-state index contributed by atoms with van der Waals surface area (Å²) in [6, 6.07) is 8.33. The zero-order valence-corrected chi connectivity index (χ0v) is 8.01. The minimum atomic E-state index is -1.39. The van der Waals surface area contributed by atoms with Crippen LogP contribution in [0.15, 0.2) is 30.3 Å². The van der Waals surface area contributed by atoms with Crippen molar-refractivity contribution in [2.75, 3.05) is 0 Å². The van der Waals surface area contributed by atoms with E-state index in [2.05, 4.69) is 0 Å². The lowest BCUT2D eigenvalue weighted by atomic mass is 10.1. The van der Waals surface area contributed by atoms with Crippen molar-refractivity contribution in [3.8, 4) is 0 Å². The number of carbonyl (C=O) groups is 2. The highest BCUT2D eigenvalue weighted by Gasteiger charge is 2.15. The Kier molecular flexibility index (Phi) is 3.82. The van der Waals surface area contributed by atoms with Gasteiger partial charge in [0.25, 0.3) is 0 Å². The number of hydrogen-bond donors (Lipinski definition) is 3. The average molecular weight is 208 g/mol. The molecule has 0 saturated heterocycles. The van der Waals surface area contributed by atoms with Gasteiger partial charge in [0.05, 0.1) is 6.04 Å². The summed E-state index contributed by atoms with van der Waals surface area (Å²) < 4.78 is 0. The fourth-order valence-electron chi connectivity index (χ4n) is 1.16. The predicted octanol–water partition coefficient (Wildman–Crippen LogP) is 0.351. The van der Waals surface area contributed by atoms with Crippen LogP contribution in [-0.4, -0.2) is 23.1 Å². The molecule has 0 saturated carbocycles. The molecule has 80 valence electrons. The van der Waals surface area contributed by atoms with Crippen LogP contribution in [0.4, 0.5) is 4.79 Å². The Morgan fingerprint density at radius 1 is 1.33 bits per heavy atom. The molecule has 0 spiro atoms. The smallest absolute Gasteiger partial charge is 0.411 e. The molecule has 0 aliphatic rings. The van der Waals surface area contributed by atoms with Crippen LogP contribution in [0.25, 0.3) is 0 Å². The number of benzene rings is 1. The van der Waals surface area contributed by atoms with Crippen molar-refractivity contribution in [2.45, 2.75) is 12.5 Å². The molecule has 0 bridgehead atoms. The molecular weight excluding hydrogens is 196 g/mol. The van der Waals surface area contributed by atoms with Crippen molar-refractivity contribution in [2.24, 2.45) is 5.73 Å². The molecule has 1 rings (SSSR count). The summed E-state index contributed by atoms with van der Waals surface area (Å²) in [4.78, 5) is 21.3. The number of carboxylic acid groups (broad SMARTS) is 1. The lowest BCUT2D eigenvalue weighted by Gasteiger charge is -2.09. The van der Waals surface area contributed by atoms with E-state index in [1.54, 1.807) is 5.32 Å². The third-order valence-corrected chi connectivity index (χ3v) is 1.87. The molecule has 5 heteroatoms. The van der Waals surface area contributed by atoms with Crippen molar-refractivity contribution >= 4 is 12.0 Å². The van der Waals surface area contributed by atoms with Crippen molar-refractivity contribution in [1.29, 1.82) is 0 Å². The maximum Gasteiger partial charge on any atom is 0.411 e. The Balaban J connectivity index is 2.52. The summed E-state index contributed by atoms with van der Waals surface area (Å²) in [5, 5.41) is 10.0. The van der Waals surface area contributed by atoms with Crippen LogP contribution in [0, 0.1) is 0 Å². The Labute approximate surface area is 86.9 Å². The predicted molar refractivity (Wildman–Crippen MR) is 54.3 cm³/mol. The molecule has 0 radical (unpaired) electrons. The fraction of sp³-hybridized carbons (Fsp3) is 0.200. The summed E-state index contributed by atoms with van der Waals surface area (Å²) in [6.07, 6.45) is -1.07. The minimum absolute atomic E-state index is 0.319. The molecule has 0 aliphatic carbocycles. The van der Waals surface area contributed by atoms with Gasteiger partial charge in [0.1, 0.15) is 0 Å². The highest BCUT2D eigenvalue weighted by atomic mass is 16.4. The van der Waals surface area contributed by atoms with Gasteiger partial charge in [-0.2, -0.15) is 0 Å². The minimum Gasteiger partial charge on any atom is -0.465 e. The van der Waals surface area contributed by atoms with E-state index in [0.717, 1.165) is 5.56 Å². The van der Waals surface area contributed by atoms with Crippen LogP contribution < -0.4 is 11.1 Å². The largest absolute Gasteiger partial charge is 0.465 e. The summed E-state index contributed by atoms with van der Waals surface area (Å²) >= 11 is 0. The second kappa shape index (κ2) is 5.11. The molecule has 1 atom stereocenters. The number of imide groups is 1. The lowest BCUT2D eigenvalue weighted by Crippen LogP contribution is -2.44. The van der Waals surface area contributed by atoms with Gasteiger partial charge in [-0.15, -0.1) is 0 Å². The molecular formula is C10H12N2O3. The lowest BCUT2D eigenvalue weighted by molar-refractivity contribution is -0.121. The van der Waals surface area contributed by atoms with E-state index in [-0.39, 0.29) is 0 Å². The molecule has 2 amide bonds. The van der Waals surface area contributed by atoms with Crippen molar-refractivity contribution in [1.82, 2.24) is 5.32 Å². The molecule has 15 heavy (non-hydrogen) atoms. The highest BCUT2D eigenvalue weighted by Crippen LogP contribution is 2.01. The SMILES string of the molecule is N[C@@H](Cc1ccccc1)C(=O)NC(=O)O. The first-order chi connectivity index (χ1) is 7.09. The summed E-state index contributed by atoms with van der Waals surface area (Å²) in [5.74, 6) is -0.689. The van der Waals surface area contributed by atoms with E-state index in [9.17, 15) is 9.59 Å². The van der Waals surface area contributed by atoms with Gasteiger partial charge in [-0.25, -0.2) is 4.79 Å². The van der Waals surface area contributed by atoms with Crippen molar-refractivity contribution < 1.29 is 14.7 Å². The Hall–Kier alpha value is -1.88. The Morgan fingerprint density at radius 3 is 2.47 bits per heavy atom. The quantitative estimate of drug-likeness (QED) is 0.668. The summed E-state index contributed by atoms with van der Waals surface area (Å²) in [6.45, 7) is 0. The second-order valence-electron chi connectivity index (χ2n) is 3.09. The number of nitrogens with one attached hydrogen (secondary N) is 1. The first-order valence-electron chi connectivity index (χ1n) is 4.43. The summed E-state index contributed by atoms with van der Waals surface area (Å²) in [7, 11) is 0. The van der Waals surface area contributed by atoms with Gasteiger partial charge in [-0.05, 0) is 12.0 Å². The average Bonchev–Trinajstić information content (AvgIpc) is 2.18. The van der Waals surface area contributed by atoms with Gasteiger partial charge < -0.3 is 10.8 Å². The van der Waals surface area contributed by atoms with E-state index in [1.807, 2.05) is 30.3 Å². The van der Waals surface area contributed by atoms with E-state index in [4.69, 9.17) is 10.8 Å². The monoisotopic (exact) mass is 208 g/mol. The van der Waals surface area contributed by atoms with Crippen molar-refractivity contribution in [3.63, 3.8) is 0 Å². The van der Waals surface area contributed by atoms with Gasteiger partial charge in [-0.3, -0.25) is 10.1 Å². The van der Waals surface area contributed by atoms with Gasteiger partial charge in [0, 0.05) is 0 Å². The van der Waals surface area contributed by atoms with Crippen LogP contribution >= 0.6 is 0 Å². The van der Waals surface area contributed by atoms with Crippen molar-refractivity contribution in [3.05, 3.63) is 35.9 Å². The normalized spacial score (nSPS) is 11.8. The standard InChI is InChI=1S/C10H12N2O3/c11-8(9(13)12-10(14)15)6-7-4-2-1-3-5-7/h1-5,8H,6,11H2,(H,12,13)(H,14,15)/t8-/m0/s1. The zero-order valence-electron chi connectivity index (χ0n) is 8.01. The van der Waals surface area contributed by atoms with Gasteiger partial charge >= 0.3 is 6.09 Å². The van der Waals surface area contributed by atoms with Gasteiger partial charge in [-0.1, -0.05) is 30.3 Å². The number of amides is 2. The third-order valence-electron chi connectivity index (χ3n) is 1.87. The Bertz CT molecular complexity index is 351. The zero-order chi connectivity index (χ0) is 11.3. The van der Waals surface area contributed by atoms with Gasteiger partial charge in [0.2, 0.25) is 5.91 Å². The summed E-state index contributed by atoms with van der Waals surface area (Å²) in [5.41, 5.74) is 6.42. The maximum absolute atomic E-state index is 11.1. The van der Waals surface area contributed by atoms with Crippen LogP contribution in [0.1, 0.15) is 5.56 Å². The first-order valence-corrected chi connectivity index (χ1v) is 4.43. The second-order valence-corrected chi connectivity index (χ2v) is 3.09. The van der Waals surface area contributed by atoms with E-state index in [1.165, 1.54) is 0 Å². The Morgan fingerprint density at radius 2 is 1.93 bits per heavy atom. The molecule has 1 aromatic carbocycles. The molecule has 0 aliphatic heterocycles. The molecule has 0 unspecified atom stereocenters. The van der Waals surface area contributed by atoms with Gasteiger partial charge in [0.15, 0.2) is 0 Å². The van der Waals surface area contributed by atoms with Crippen LogP contribution in [-0.2, 0) is 11.2 Å². The number of carbonyl (C=O) groups excluding carboxylic acids is 1. The molecule has 0 heterocycles. The van der Waals surface area contributed by atoms with E-state index < -0.39 is 18.0 Å². The van der Waals surface area contributed by atoms with E-state index >= 15 is 0 Å². The molecule has 1 aromatic rings. The number of rotatable bonds is 3. The first kappa shape index (κ1) is 11.2.